The lowest BCUT2D eigenvalue weighted by atomic mass is 9.99. The number of aryl methyl sites for hydroxylation is 1. The van der Waals surface area contributed by atoms with E-state index in [0.29, 0.717) is 5.92 Å². The van der Waals surface area contributed by atoms with Crippen molar-refractivity contribution in [2.24, 2.45) is 0 Å². The van der Waals surface area contributed by atoms with Gasteiger partial charge < -0.3 is 0 Å². The summed E-state index contributed by atoms with van der Waals surface area (Å²) in [4.78, 5) is 0. The first-order chi connectivity index (χ1) is 6.79. The smallest absolute Gasteiger partial charge is 0.151 e. The normalized spacial score (nSPS) is 12.1. The monoisotopic (exact) mass is 226 g/mol. The molecule has 84 valence electrons. The molecule has 15 heavy (non-hydrogen) atoms. The molecule has 0 unspecified atom stereocenters. The predicted octanol–water partition coefficient (Wildman–Crippen LogP) is 2.66. The van der Waals surface area contributed by atoms with E-state index >= 15 is 0 Å². The summed E-state index contributed by atoms with van der Waals surface area (Å²) >= 11 is 0. The van der Waals surface area contributed by atoms with E-state index in [-0.39, 0.29) is 5.75 Å². The van der Waals surface area contributed by atoms with Crippen LogP contribution in [0.3, 0.4) is 0 Å². The average Bonchev–Trinajstić information content (AvgIpc) is 2.05. The third kappa shape index (κ3) is 3.67. The van der Waals surface area contributed by atoms with E-state index in [0.717, 1.165) is 11.1 Å². The lowest BCUT2D eigenvalue weighted by molar-refractivity contribution is 0.601. The highest BCUT2D eigenvalue weighted by Crippen LogP contribution is 2.19. The molecule has 0 saturated carbocycles. The predicted molar refractivity (Wildman–Crippen MR) is 63.8 cm³/mol. The molecule has 1 rings (SSSR count). The molecule has 0 atom stereocenters. The Balaban J connectivity index is 3.04. The van der Waals surface area contributed by atoms with Gasteiger partial charge in [0.2, 0.25) is 0 Å². The molecule has 1 aromatic carbocycles. The Kier molecular flexibility index (Phi) is 3.55. The molecular weight excluding hydrogens is 208 g/mol. The van der Waals surface area contributed by atoms with Gasteiger partial charge in [-0.1, -0.05) is 32.0 Å². The number of hydrogen-bond donors (Lipinski definition) is 0. The van der Waals surface area contributed by atoms with Crippen LogP contribution in [0.1, 0.15) is 36.5 Å². The van der Waals surface area contributed by atoms with Crippen molar-refractivity contribution in [2.45, 2.75) is 32.4 Å². The first-order valence-corrected chi connectivity index (χ1v) is 7.13. The number of rotatable bonds is 3. The van der Waals surface area contributed by atoms with Crippen molar-refractivity contribution >= 4 is 9.84 Å². The van der Waals surface area contributed by atoms with E-state index in [1.807, 2.05) is 19.1 Å². The standard InChI is InChI=1S/C12H18O2S/c1-9(2)11-5-6-12(10(3)7-11)8-15(4,13)14/h5-7,9H,8H2,1-4H3. The molecule has 0 aliphatic carbocycles. The van der Waals surface area contributed by atoms with Gasteiger partial charge >= 0.3 is 0 Å². The first-order valence-electron chi connectivity index (χ1n) is 5.07. The Bertz CT molecular complexity index is 445. The summed E-state index contributed by atoms with van der Waals surface area (Å²) in [7, 11) is -2.93. The molecule has 0 aromatic heterocycles. The zero-order valence-electron chi connectivity index (χ0n) is 9.74. The van der Waals surface area contributed by atoms with Crippen molar-refractivity contribution in [1.82, 2.24) is 0 Å². The van der Waals surface area contributed by atoms with Crippen LogP contribution in [0, 0.1) is 6.92 Å². The van der Waals surface area contributed by atoms with E-state index in [1.165, 1.54) is 11.8 Å². The Morgan fingerprint density at radius 3 is 2.27 bits per heavy atom. The molecule has 0 aliphatic rings. The average molecular weight is 226 g/mol. The van der Waals surface area contributed by atoms with Crippen LogP contribution >= 0.6 is 0 Å². The molecule has 0 aliphatic heterocycles. The van der Waals surface area contributed by atoms with E-state index in [4.69, 9.17) is 0 Å². The molecule has 0 heterocycles. The highest BCUT2D eigenvalue weighted by atomic mass is 32.2. The Labute approximate surface area is 92.2 Å². The van der Waals surface area contributed by atoms with Crippen LogP contribution in [0.4, 0.5) is 0 Å². The third-order valence-corrected chi connectivity index (χ3v) is 3.29. The third-order valence-electron chi connectivity index (χ3n) is 2.45. The summed E-state index contributed by atoms with van der Waals surface area (Å²) in [5, 5.41) is 0. The first kappa shape index (κ1) is 12.2. The lowest BCUT2D eigenvalue weighted by Gasteiger charge is -2.10. The van der Waals surface area contributed by atoms with Gasteiger partial charge in [0.15, 0.2) is 9.84 Å². The van der Waals surface area contributed by atoms with Gasteiger partial charge in [0.05, 0.1) is 5.75 Å². The van der Waals surface area contributed by atoms with Gasteiger partial charge in [0.1, 0.15) is 0 Å². The van der Waals surface area contributed by atoms with Crippen LogP contribution in [-0.4, -0.2) is 14.7 Å². The van der Waals surface area contributed by atoms with Crippen molar-refractivity contribution in [3.8, 4) is 0 Å². The molecule has 0 saturated heterocycles. The van der Waals surface area contributed by atoms with Crippen LogP contribution in [0.2, 0.25) is 0 Å². The van der Waals surface area contributed by atoms with Crippen molar-refractivity contribution in [1.29, 1.82) is 0 Å². The zero-order chi connectivity index (χ0) is 11.6. The maximum atomic E-state index is 11.2. The van der Waals surface area contributed by atoms with Crippen LogP contribution in [-0.2, 0) is 15.6 Å². The van der Waals surface area contributed by atoms with Crippen LogP contribution < -0.4 is 0 Å². The molecular formula is C12H18O2S. The Morgan fingerprint density at radius 2 is 1.87 bits per heavy atom. The fourth-order valence-electron chi connectivity index (χ4n) is 1.52. The highest BCUT2D eigenvalue weighted by Gasteiger charge is 2.08. The SMILES string of the molecule is Cc1cc(C(C)C)ccc1CS(C)(=O)=O. The minimum Gasteiger partial charge on any atom is -0.229 e. The topological polar surface area (TPSA) is 34.1 Å². The van der Waals surface area contributed by atoms with E-state index in [1.54, 1.807) is 0 Å². The summed E-state index contributed by atoms with van der Waals surface area (Å²) in [5.41, 5.74) is 3.22. The lowest BCUT2D eigenvalue weighted by Crippen LogP contribution is -2.03. The van der Waals surface area contributed by atoms with Crippen LogP contribution in [0.25, 0.3) is 0 Å². The summed E-state index contributed by atoms with van der Waals surface area (Å²) in [6.07, 6.45) is 1.27. The van der Waals surface area contributed by atoms with E-state index in [9.17, 15) is 8.42 Å². The van der Waals surface area contributed by atoms with Crippen molar-refractivity contribution in [2.75, 3.05) is 6.26 Å². The van der Waals surface area contributed by atoms with Gasteiger partial charge in [0.25, 0.3) is 0 Å². The number of sulfone groups is 1. The van der Waals surface area contributed by atoms with Gasteiger partial charge in [-0.15, -0.1) is 0 Å². The van der Waals surface area contributed by atoms with Crippen molar-refractivity contribution in [3.63, 3.8) is 0 Å². The number of benzene rings is 1. The van der Waals surface area contributed by atoms with Gasteiger partial charge in [0, 0.05) is 6.26 Å². The maximum absolute atomic E-state index is 11.2. The summed E-state index contributed by atoms with van der Waals surface area (Å²) in [6, 6.07) is 6.01. The second kappa shape index (κ2) is 4.35. The van der Waals surface area contributed by atoms with Gasteiger partial charge in [-0.05, 0) is 29.5 Å². The van der Waals surface area contributed by atoms with E-state index in [2.05, 4.69) is 19.9 Å². The molecule has 0 radical (unpaired) electrons. The molecule has 0 amide bonds. The highest BCUT2D eigenvalue weighted by molar-refractivity contribution is 7.89. The molecule has 0 fully saturated rings. The molecule has 0 bridgehead atoms. The van der Waals surface area contributed by atoms with E-state index < -0.39 is 9.84 Å². The van der Waals surface area contributed by atoms with Crippen molar-refractivity contribution < 1.29 is 8.42 Å². The molecule has 0 N–H and O–H groups in total. The largest absolute Gasteiger partial charge is 0.229 e. The molecule has 1 aromatic rings. The van der Waals surface area contributed by atoms with Gasteiger partial charge in [-0.3, -0.25) is 0 Å². The fourth-order valence-corrected chi connectivity index (χ4v) is 2.41. The van der Waals surface area contributed by atoms with Crippen molar-refractivity contribution in [3.05, 3.63) is 34.9 Å². The summed E-state index contributed by atoms with van der Waals surface area (Å²) < 4.78 is 22.3. The molecule has 0 spiro atoms. The molecule has 2 nitrogen and oxygen atoms in total. The zero-order valence-corrected chi connectivity index (χ0v) is 10.6. The molecule has 3 heteroatoms. The summed E-state index contributed by atoms with van der Waals surface area (Å²) in [5.74, 6) is 0.619. The van der Waals surface area contributed by atoms with Crippen LogP contribution in [0.15, 0.2) is 18.2 Å². The number of hydrogen-bond acceptors (Lipinski definition) is 2. The van der Waals surface area contributed by atoms with Gasteiger partial charge in [-0.25, -0.2) is 8.42 Å². The second-order valence-corrected chi connectivity index (χ2v) is 6.55. The minimum atomic E-state index is -2.93. The fraction of sp³-hybridized carbons (Fsp3) is 0.500. The summed E-state index contributed by atoms with van der Waals surface area (Å²) in [6.45, 7) is 6.22. The minimum absolute atomic E-state index is 0.136. The Morgan fingerprint density at radius 1 is 1.27 bits per heavy atom. The Hall–Kier alpha value is -0.830. The van der Waals surface area contributed by atoms with Crippen LogP contribution in [0.5, 0.6) is 0 Å². The maximum Gasteiger partial charge on any atom is 0.151 e. The quantitative estimate of drug-likeness (QED) is 0.794. The van der Waals surface area contributed by atoms with Gasteiger partial charge in [-0.2, -0.15) is 0 Å². The second-order valence-electron chi connectivity index (χ2n) is 4.41.